The van der Waals surface area contributed by atoms with Gasteiger partial charge in [0, 0.05) is 11.1 Å². The molecule has 0 aliphatic carbocycles. The topological polar surface area (TPSA) is 43.4 Å². The fourth-order valence-corrected chi connectivity index (χ4v) is 3.06. The van der Waals surface area contributed by atoms with Crippen LogP contribution in [0.15, 0.2) is 77.5 Å². The summed E-state index contributed by atoms with van der Waals surface area (Å²) in [5.41, 5.74) is 2.09. The molecule has 1 aromatic heterocycles. The van der Waals surface area contributed by atoms with Crippen molar-refractivity contribution in [2.24, 2.45) is 0 Å². The lowest BCUT2D eigenvalue weighted by molar-refractivity contribution is -0.146. The molecule has 0 bridgehead atoms. The highest BCUT2D eigenvalue weighted by atomic mass is 32.1. The van der Waals surface area contributed by atoms with Crippen LogP contribution >= 0.6 is 11.3 Å². The van der Waals surface area contributed by atoms with Crippen LogP contribution in [0.2, 0.25) is 0 Å². The minimum atomic E-state index is -0.931. The first kappa shape index (κ1) is 16.1. The highest BCUT2D eigenvalue weighted by Crippen LogP contribution is 2.23. The molecule has 0 aliphatic rings. The Labute approximate surface area is 144 Å². The van der Waals surface area contributed by atoms with Gasteiger partial charge in [-0.1, -0.05) is 60.7 Å². The number of rotatable bonds is 6. The van der Waals surface area contributed by atoms with E-state index in [1.807, 2.05) is 41.1 Å². The van der Waals surface area contributed by atoms with E-state index in [1.165, 1.54) is 11.3 Å². The predicted octanol–water partition coefficient (Wildman–Crippen LogP) is 4.46. The van der Waals surface area contributed by atoms with E-state index in [2.05, 4.69) is 0 Å². The number of esters is 1. The Morgan fingerprint density at radius 1 is 0.917 bits per heavy atom. The van der Waals surface area contributed by atoms with E-state index >= 15 is 0 Å². The van der Waals surface area contributed by atoms with Gasteiger partial charge in [0.15, 0.2) is 6.10 Å². The predicted molar refractivity (Wildman–Crippen MR) is 94.1 cm³/mol. The third-order valence-electron chi connectivity index (χ3n) is 3.58. The van der Waals surface area contributed by atoms with Crippen molar-refractivity contribution in [3.63, 3.8) is 0 Å². The first-order valence-corrected chi connectivity index (χ1v) is 8.53. The van der Waals surface area contributed by atoms with Crippen molar-refractivity contribution >= 4 is 23.1 Å². The molecule has 0 fully saturated rings. The lowest BCUT2D eigenvalue weighted by Crippen LogP contribution is -2.21. The first-order valence-electron chi connectivity index (χ1n) is 7.59. The first-order chi connectivity index (χ1) is 11.7. The summed E-state index contributed by atoms with van der Waals surface area (Å²) >= 11 is 1.53. The molecule has 120 valence electrons. The van der Waals surface area contributed by atoms with Crippen LogP contribution in [0.25, 0.3) is 0 Å². The second kappa shape index (κ2) is 7.70. The van der Waals surface area contributed by atoms with Crippen LogP contribution in [0.3, 0.4) is 0 Å². The molecule has 0 aliphatic heterocycles. The molecule has 1 heterocycles. The Hall–Kier alpha value is -2.72. The zero-order chi connectivity index (χ0) is 16.8. The molecule has 0 saturated heterocycles. The SMILES string of the molecule is O=C(Cc1ccsc1)OC(C(=O)c1ccccc1)c1ccccc1. The molecule has 24 heavy (non-hydrogen) atoms. The molecular formula is C20H16O3S. The van der Waals surface area contributed by atoms with Gasteiger partial charge in [0.1, 0.15) is 0 Å². The third kappa shape index (κ3) is 3.97. The van der Waals surface area contributed by atoms with Gasteiger partial charge in [-0.25, -0.2) is 0 Å². The monoisotopic (exact) mass is 336 g/mol. The highest BCUT2D eigenvalue weighted by molar-refractivity contribution is 7.07. The van der Waals surface area contributed by atoms with Crippen molar-refractivity contribution < 1.29 is 14.3 Å². The molecule has 3 rings (SSSR count). The summed E-state index contributed by atoms with van der Waals surface area (Å²) in [6, 6.07) is 19.9. The number of benzene rings is 2. The van der Waals surface area contributed by atoms with Crippen molar-refractivity contribution in [3.8, 4) is 0 Å². The molecule has 0 spiro atoms. The van der Waals surface area contributed by atoms with Gasteiger partial charge in [-0.05, 0) is 22.4 Å². The average Bonchev–Trinajstić information content (AvgIpc) is 3.13. The summed E-state index contributed by atoms with van der Waals surface area (Å²) in [7, 11) is 0. The van der Waals surface area contributed by atoms with Crippen LogP contribution in [0.4, 0.5) is 0 Å². The standard InChI is InChI=1S/C20H16O3S/c21-18(13-15-11-12-24-14-15)23-20(17-9-5-2-6-10-17)19(22)16-7-3-1-4-8-16/h1-12,14,20H,13H2. The Kier molecular flexibility index (Phi) is 5.18. The molecular weight excluding hydrogens is 320 g/mol. The lowest BCUT2D eigenvalue weighted by atomic mass is 10.00. The van der Waals surface area contributed by atoms with Crippen molar-refractivity contribution in [1.29, 1.82) is 0 Å². The molecule has 0 amide bonds. The minimum absolute atomic E-state index is 0.162. The quantitative estimate of drug-likeness (QED) is 0.493. The van der Waals surface area contributed by atoms with Gasteiger partial charge in [-0.3, -0.25) is 9.59 Å². The van der Waals surface area contributed by atoms with Crippen LogP contribution in [-0.4, -0.2) is 11.8 Å². The third-order valence-corrected chi connectivity index (χ3v) is 4.31. The highest BCUT2D eigenvalue weighted by Gasteiger charge is 2.26. The van der Waals surface area contributed by atoms with E-state index in [0.29, 0.717) is 11.1 Å². The van der Waals surface area contributed by atoms with Gasteiger partial charge >= 0.3 is 5.97 Å². The van der Waals surface area contributed by atoms with Gasteiger partial charge in [-0.15, -0.1) is 0 Å². The number of ketones is 1. The summed E-state index contributed by atoms with van der Waals surface area (Å²) < 4.78 is 5.54. The largest absolute Gasteiger partial charge is 0.449 e. The van der Waals surface area contributed by atoms with Gasteiger partial charge in [-0.2, -0.15) is 11.3 Å². The van der Waals surface area contributed by atoms with E-state index < -0.39 is 12.1 Å². The van der Waals surface area contributed by atoms with Gasteiger partial charge in [0.25, 0.3) is 0 Å². The summed E-state index contributed by atoms with van der Waals surface area (Å²) in [6.45, 7) is 0. The fourth-order valence-electron chi connectivity index (χ4n) is 2.39. The van der Waals surface area contributed by atoms with Crippen LogP contribution in [-0.2, 0) is 16.0 Å². The van der Waals surface area contributed by atoms with Gasteiger partial charge < -0.3 is 4.74 Å². The zero-order valence-corrected chi connectivity index (χ0v) is 13.7. The van der Waals surface area contributed by atoms with Crippen molar-refractivity contribution in [2.45, 2.75) is 12.5 Å². The Morgan fingerprint density at radius 3 is 2.21 bits per heavy atom. The second-order valence-electron chi connectivity index (χ2n) is 5.32. The molecule has 4 heteroatoms. The Bertz CT molecular complexity index is 795. The number of hydrogen-bond donors (Lipinski definition) is 0. The molecule has 1 atom stereocenters. The van der Waals surface area contributed by atoms with Crippen LogP contribution in [0, 0.1) is 0 Å². The molecule has 1 unspecified atom stereocenters. The minimum Gasteiger partial charge on any atom is -0.449 e. The van der Waals surface area contributed by atoms with Crippen molar-refractivity contribution in [1.82, 2.24) is 0 Å². The van der Waals surface area contributed by atoms with Crippen molar-refractivity contribution in [2.75, 3.05) is 0 Å². The molecule has 2 aromatic carbocycles. The maximum Gasteiger partial charge on any atom is 0.311 e. The lowest BCUT2D eigenvalue weighted by Gasteiger charge is -2.17. The van der Waals surface area contributed by atoms with Crippen LogP contribution in [0.1, 0.15) is 27.6 Å². The molecule has 0 saturated carbocycles. The molecule has 3 nitrogen and oxygen atoms in total. The summed E-state index contributed by atoms with van der Waals surface area (Å²) in [5, 5.41) is 3.81. The number of carbonyl (C=O) groups excluding carboxylic acids is 2. The number of ether oxygens (including phenoxy) is 1. The van der Waals surface area contributed by atoms with Gasteiger partial charge in [0.2, 0.25) is 5.78 Å². The summed E-state index contributed by atoms with van der Waals surface area (Å²) in [4.78, 5) is 25.1. The molecule has 3 aromatic rings. The van der Waals surface area contributed by atoms with Crippen LogP contribution in [0.5, 0.6) is 0 Å². The Morgan fingerprint density at radius 2 is 1.58 bits per heavy atom. The van der Waals surface area contributed by atoms with E-state index in [4.69, 9.17) is 4.74 Å². The van der Waals surface area contributed by atoms with E-state index in [0.717, 1.165) is 5.56 Å². The second-order valence-corrected chi connectivity index (χ2v) is 6.10. The number of thiophene rings is 1. The molecule has 0 N–H and O–H groups in total. The maximum atomic E-state index is 12.8. The smallest absolute Gasteiger partial charge is 0.311 e. The Balaban J connectivity index is 1.82. The number of hydrogen-bond acceptors (Lipinski definition) is 4. The summed E-state index contributed by atoms with van der Waals surface area (Å²) in [6.07, 6.45) is -0.769. The van der Waals surface area contributed by atoms with E-state index in [1.54, 1.807) is 36.4 Å². The zero-order valence-electron chi connectivity index (χ0n) is 12.9. The van der Waals surface area contributed by atoms with Crippen LogP contribution < -0.4 is 0 Å². The molecule has 0 radical (unpaired) electrons. The number of carbonyl (C=O) groups is 2. The van der Waals surface area contributed by atoms with E-state index in [-0.39, 0.29) is 12.2 Å². The van der Waals surface area contributed by atoms with E-state index in [9.17, 15) is 9.59 Å². The normalized spacial score (nSPS) is 11.7. The fraction of sp³-hybridized carbons (Fsp3) is 0.100. The van der Waals surface area contributed by atoms with Crippen molar-refractivity contribution in [3.05, 3.63) is 94.2 Å². The average molecular weight is 336 g/mol. The number of Topliss-reactive ketones (excluding diaryl/α,β-unsaturated/α-hetero) is 1. The maximum absolute atomic E-state index is 12.8. The summed E-state index contributed by atoms with van der Waals surface area (Å²) in [5.74, 6) is -0.632. The van der Waals surface area contributed by atoms with Gasteiger partial charge in [0.05, 0.1) is 6.42 Å².